The molecule has 4 rings (SSSR count). The van der Waals surface area contributed by atoms with Gasteiger partial charge >= 0.3 is 5.63 Å². The van der Waals surface area contributed by atoms with Crippen molar-refractivity contribution in [1.82, 2.24) is 5.06 Å². The molecule has 2 heterocycles. The normalized spacial score (nSPS) is 13.4. The third-order valence-corrected chi connectivity index (χ3v) is 5.54. The highest BCUT2D eigenvalue weighted by Crippen LogP contribution is 2.26. The smallest absolute Gasteiger partial charge is 0.336 e. The van der Waals surface area contributed by atoms with Gasteiger partial charge in [-0.1, -0.05) is 12.1 Å². The minimum absolute atomic E-state index is 0.250. The van der Waals surface area contributed by atoms with Crippen LogP contribution < -0.4 is 5.63 Å². The molecule has 0 atom stereocenters. The maximum Gasteiger partial charge on any atom is 0.336 e. The Morgan fingerprint density at radius 3 is 2.43 bits per heavy atom. The Hall–Kier alpha value is -2.90. The molecule has 0 fully saturated rings. The first-order chi connectivity index (χ1) is 13.5. The van der Waals surface area contributed by atoms with Crippen molar-refractivity contribution in [2.45, 2.75) is 18.2 Å². The summed E-state index contributed by atoms with van der Waals surface area (Å²) in [5, 5.41) is 1.75. The minimum atomic E-state index is -0.423. The number of hydrogen-bond donors (Lipinski definition) is 0. The van der Waals surface area contributed by atoms with Gasteiger partial charge in [-0.3, -0.25) is 14.4 Å². The monoisotopic (exact) mass is 395 g/mol. The van der Waals surface area contributed by atoms with Gasteiger partial charge in [0.25, 0.3) is 11.8 Å². The molecule has 1 aliphatic rings. The van der Waals surface area contributed by atoms with E-state index >= 15 is 0 Å². The van der Waals surface area contributed by atoms with Gasteiger partial charge in [-0.15, -0.1) is 16.8 Å². The summed E-state index contributed by atoms with van der Waals surface area (Å²) in [7, 11) is 0. The minimum Gasteiger partial charge on any atom is -0.423 e. The SMILES string of the molecule is Cc1cc(=O)oc2cc(SCCCON3C(=O)c4ccccc4C3=O)ccc12. The van der Waals surface area contributed by atoms with E-state index in [0.717, 1.165) is 26.7 Å². The van der Waals surface area contributed by atoms with Gasteiger partial charge in [0, 0.05) is 22.1 Å². The molecule has 0 saturated carbocycles. The highest BCUT2D eigenvalue weighted by Gasteiger charge is 2.36. The summed E-state index contributed by atoms with van der Waals surface area (Å²) in [6, 6.07) is 13.9. The van der Waals surface area contributed by atoms with Gasteiger partial charge < -0.3 is 4.42 Å². The van der Waals surface area contributed by atoms with Crippen molar-refractivity contribution in [3.63, 3.8) is 0 Å². The lowest BCUT2D eigenvalue weighted by molar-refractivity contribution is -0.0907. The topological polar surface area (TPSA) is 76.8 Å². The number of benzene rings is 2. The maximum absolute atomic E-state index is 12.2. The van der Waals surface area contributed by atoms with Crippen molar-refractivity contribution in [3.05, 3.63) is 75.6 Å². The lowest BCUT2D eigenvalue weighted by Crippen LogP contribution is -2.30. The molecule has 0 saturated heterocycles. The first-order valence-electron chi connectivity index (χ1n) is 8.82. The molecule has 0 unspecified atom stereocenters. The zero-order valence-corrected chi connectivity index (χ0v) is 16.0. The van der Waals surface area contributed by atoms with Crippen LogP contribution in [0.2, 0.25) is 0 Å². The summed E-state index contributed by atoms with van der Waals surface area (Å²) >= 11 is 1.59. The standard InChI is InChI=1S/C21H17NO5S/c1-13-11-19(23)27-18-12-14(7-8-15(13)18)28-10-4-9-26-22-20(24)16-5-2-3-6-17(16)21(22)25/h2-3,5-8,11-12H,4,9-10H2,1H3. The zero-order chi connectivity index (χ0) is 19.7. The van der Waals surface area contributed by atoms with Crippen molar-refractivity contribution in [2.75, 3.05) is 12.4 Å². The number of fused-ring (bicyclic) bond motifs is 2. The van der Waals surface area contributed by atoms with Crippen molar-refractivity contribution >= 4 is 34.5 Å². The van der Waals surface area contributed by atoms with Gasteiger partial charge in [-0.05, 0) is 49.2 Å². The summed E-state index contributed by atoms with van der Waals surface area (Å²) in [5.41, 5.74) is 1.83. The Morgan fingerprint density at radius 1 is 1.00 bits per heavy atom. The summed E-state index contributed by atoms with van der Waals surface area (Å²) in [5.74, 6) is -0.119. The van der Waals surface area contributed by atoms with Gasteiger partial charge in [0.1, 0.15) is 5.58 Å². The first kappa shape index (κ1) is 18.5. The maximum atomic E-state index is 12.2. The largest absolute Gasteiger partial charge is 0.423 e. The number of aryl methyl sites for hydroxylation is 1. The number of hydroxylamine groups is 2. The average Bonchev–Trinajstić information content (AvgIpc) is 2.92. The van der Waals surface area contributed by atoms with Crippen molar-refractivity contribution in [3.8, 4) is 0 Å². The second-order valence-electron chi connectivity index (χ2n) is 6.39. The number of amides is 2. The summed E-state index contributed by atoms with van der Waals surface area (Å²) < 4.78 is 5.26. The number of thioether (sulfide) groups is 1. The molecule has 142 valence electrons. The lowest BCUT2D eigenvalue weighted by atomic mass is 10.1. The summed E-state index contributed by atoms with van der Waals surface area (Å²) in [6.45, 7) is 2.13. The van der Waals surface area contributed by atoms with Gasteiger partial charge in [-0.2, -0.15) is 0 Å². The fraction of sp³-hybridized carbons (Fsp3) is 0.190. The van der Waals surface area contributed by atoms with Crippen LogP contribution in [0.15, 0.2) is 62.6 Å². The molecule has 1 aliphatic heterocycles. The molecule has 28 heavy (non-hydrogen) atoms. The van der Waals surface area contributed by atoms with E-state index in [-0.39, 0.29) is 12.2 Å². The third kappa shape index (κ3) is 3.46. The number of hydrogen-bond acceptors (Lipinski definition) is 6. The van der Waals surface area contributed by atoms with Crippen LogP contribution in [0.25, 0.3) is 11.0 Å². The number of carbonyl (C=O) groups is 2. The van der Waals surface area contributed by atoms with E-state index in [4.69, 9.17) is 9.25 Å². The molecule has 0 aliphatic carbocycles. The molecule has 0 radical (unpaired) electrons. The Bertz CT molecular complexity index is 1100. The van der Waals surface area contributed by atoms with Crippen LogP contribution in [0.4, 0.5) is 0 Å². The van der Waals surface area contributed by atoms with E-state index in [2.05, 4.69) is 0 Å². The van der Waals surface area contributed by atoms with Crippen LogP contribution >= 0.6 is 11.8 Å². The van der Waals surface area contributed by atoms with Crippen molar-refractivity contribution in [2.24, 2.45) is 0 Å². The quantitative estimate of drug-likeness (QED) is 0.273. The molecule has 2 aromatic carbocycles. The summed E-state index contributed by atoms with van der Waals surface area (Å²) in [6.07, 6.45) is 0.647. The van der Waals surface area contributed by atoms with Crippen molar-refractivity contribution < 1.29 is 18.8 Å². The van der Waals surface area contributed by atoms with E-state index in [9.17, 15) is 14.4 Å². The Balaban J connectivity index is 1.31. The van der Waals surface area contributed by atoms with Crippen molar-refractivity contribution in [1.29, 1.82) is 0 Å². The van der Waals surface area contributed by atoms with E-state index in [0.29, 0.717) is 23.1 Å². The number of nitrogens with zero attached hydrogens (tertiary/aromatic N) is 1. The number of carbonyl (C=O) groups excluding carboxylic acids is 2. The van der Waals surface area contributed by atoms with Gasteiger partial charge in [-0.25, -0.2) is 4.79 Å². The number of rotatable bonds is 6. The van der Waals surface area contributed by atoms with E-state index in [1.807, 2.05) is 25.1 Å². The van der Waals surface area contributed by atoms with Crippen LogP contribution in [0.5, 0.6) is 0 Å². The molecule has 6 nitrogen and oxygen atoms in total. The predicted molar refractivity (Wildman–Crippen MR) is 105 cm³/mol. The van der Waals surface area contributed by atoms with Gasteiger partial charge in [0.15, 0.2) is 0 Å². The molecule has 1 aromatic heterocycles. The highest BCUT2D eigenvalue weighted by atomic mass is 32.2. The molecule has 2 amide bonds. The lowest BCUT2D eigenvalue weighted by Gasteiger charge is -2.13. The first-order valence-corrected chi connectivity index (χ1v) is 9.81. The van der Waals surface area contributed by atoms with Gasteiger partial charge in [0.2, 0.25) is 0 Å². The average molecular weight is 395 g/mol. The molecular formula is C21H17NO5S. The van der Waals surface area contributed by atoms with Crippen LogP contribution in [0.3, 0.4) is 0 Å². The van der Waals surface area contributed by atoms with Gasteiger partial charge in [0.05, 0.1) is 17.7 Å². The van der Waals surface area contributed by atoms with Crippen LogP contribution in [-0.2, 0) is 4.84 Å². The van der Waals surface area contributed by atoms with Crippen LogP contribution in [-0.4, -0.2) is 29.2 Å². The second-order valence-corrected chi connectivity index (χ2v) is 7.56. The number of imide groups is 1. The molecule has 3 aromatic rings. The van der Waals surface area contributed by atoms with E-state index < -0.39 is 11.8 Å². The fourth-order valence-electron chi connectivity index (χ4n) is 3.08. The van der Waals surface area contributed by atoms with Crippen LogP contribution in [0.1, 0.15) is 32.7 Å². The molecule has 7 heteroatoms. The second kappa shape index (κ2) is 7.61. The Kier molecular flexibility index (Phi) is 5.02. The highest BCUT2D eigenvalue weighted by molar-refractivity contribution is 7.99. The van der Waals surface area contributed by atoms with E-state index in [1.54, 1.807) is 36.0 Å². The summed E-state index contributed by atoms with van der Waals surface area (Å²) in [4.78, 5) is 42.3. The Labute approximate surface area is 165 Å². The molecular weight excluding hydrogens is 378 g/mol. The fourth-order valence-corrected chi connectivity index (χ4v) is 3.94. The zero-order valence-electron chi connectivity index (χ0n) is 15.1. The molecule has 0 spiro atoms. The molecule has 0 bridgehead atoms. The van der Waals surface area contributed by atoms with Crippen LogP contribution in [0, 0.1) is 6.92 Å². The Morgan fingerprint density at radius 2 is 1.71 bits per heavy atom. The predicted octanol–water partition coefficient (Wildman–Crippen LogP) is 3.81. The third-order valence-electron chi connectivity index (χ3n) is 4.46. The van der Waals surface area contributed by atoms with E-state index in [1.165, 1.54) is 6.07 Å². The molecule has 0 N–H and O–H groups in total.